The van der Waals surface area contributed by atoms with E-state index >= 15 is 0 Å². The third kappa shape index (κ3) is 1.72. The molecule has 0 radical (unpaired) electrons. The molecule has 2 unspecified atom stereocenters. The van der Waals surface area contributed by atoms with E-state index < -0.39 is 0 Å². The number of nitrogens with one attached hydrogen (secondary N) is 1. The highest BCUT2D eigenvalue weighted by atomic mass is 15.0. The van der Waals surface area contributed by atoms with Crippen molar-refractivity contribution in [3.8, 4) is 0 Å². The monoisotopic (exact) mass is 230 g/mol. The second-order valence-corrected chi connectivity index (χ2v) is 4.98. The number of aromatic nitrogens is 3. The van der Waals surface area contributed by atoms with Crippen LogP contribution in [0.4, 0.5) is 0 Å². The fraction of sp³-hybridized carbons (Fsp3) is 0.538. The number of fused-ring (bicyclic) bond motifs is 1. The van der Waals surface area contributed by atoms with E-state index in [-0.39, 0.29) is 0 Å². The van der Waals surface area contributed by atoms with Crippen molar-refractivity contribution in [3.63, 3.8) is 0 Å². The molecule has 4 heteroatoms. The zero-order valence-corrected chi connectivity index (χ0v) is 10.1. The van der Waals surface area contributed by atoms with Crippen LogP contribution in [-0.4, -0.2) is 21.5 Å². The number of aromatic amines is 1. The molecule has 2 heterocycles. The third-order valence-corrected chi connectivity index (χ3v) is 3.93. The van der Waals surface area contributed by atoms with Crippen molar-refractivity contribution in [2.75, 3.05) is 6.54 Å². The lowest BCUT2D eigenvalue weighted by Gasteiger charge is -2.14. The van der Waals surface area contributed by atoms with Gasteiger partial charge in [0, 0.05) is 12.1 Å². The molecule has 17 heavy (non-hydrogen) atoms. The average Bonchev–Trinajstić information content (AvgIpc) is 2.94. The fourth-order valence-corrected chi connectivity index (χ4v) is 2.91. The Morgan fingerprint density at radius 1 is 1.47 bits per heavy atom. The predicted molar refractivity (Wildman–Crippen MR) is 67.8 cm³/mol. The molecule has 0 aliphatic heterocycles. The average molecular weight is 230 g/mol. The molecule has 3 N–H and O–H groups in total. The van der Waals surface area contributed by atoms with E-state index in [2.05, 4.69) is 21.9 Å². The topological polar surface area (TPSA) is 67.6 Å². The summed E-state index contributed by atoms with van der Waals surface area (Å²) in [6, 6.07) is 2.01. The van der Waals surface area contributed by atoms with Crippen LogP contribution in [0.25, 0.3) is 11.2 Å². The van der Waals surface area contributed by atoms with Crippen LogP contribution in [0, 0.1) is 12.8 Å². The number of rotatable bonds is 2. The maximum Gasteiger partial charge on any atom is 0.177 e. The first-order valence-electron chi connectivity index (χ1n) is 6.31. The summed E-state index contributed by atoms with van der Waals surface area (Å²) in [6.45, 7) is 2.84. The summed E-state index contributed by atoms with van der Waals surface area (Å²) < 4.78 is 0. The normalized spacial score (nSPS) is 24.6. The van der Waals surface area contributed by atoms with Crippen molar-refractivity contribution in [3.05, 3.63) is 23.7 Å². The number of aryl methyl sites for hydroxylation is 1. The van der Waals surface area contributed by atoms with Crippen LogP contribution in [0.1, 0.15) is 36.6 Å². The number of imidazole rings is 1. The van der Waals surface area contributed by atoms with Gasteiger partial charge in [0.15, 0.2) is 5.65 Å². The van der Waals surface area contributed by atoms with Gasteiger partial charge in [0.2, 0.25) is 0 Å². The Morgan fingerprint density at radius 3 is 3.12 bits per heavy atom. The summed E-state index contributed by atoms with van der Waals surface area (Å²) in [5, 5.41) is 0. The number of hydrogen-bond acceptors (Lipinski definition) is 3. The van der Waals surface area contributed by atoms with Gasteiger partial charge < -0.3 is 10.7 Å². The Bertz CT molecular complexity index is 531. The maximum absolute atomic E-state index is 5.83. The number of hydrogen-bond donors (Lipinski definition) is 2. The highest BCUT2D eigenvalue weighted by molar-refractivity contribution is 5.74. The summed E-state index contributed by atoms with van der Waals surface area (Å²) in [7, 11) is 0. The summed E-state index contributed by atoms with van der Waals surface area (Å²) in [6.07, 6.45) is 5.50. The Labute approximate surface area is 101 Å². The van der Waals surface area contributed by atoms with Gasteiger partial charge in [0.25, 0.3) is 0 Å². The quantitative estimate of drug-likeness (QED) is 0.830. The van der Waals surface area contributed by atoms with Gasteiger partial charge in [-0.15, -0.1) is 0 Å². The van der Waals surface area contributed by atoms with Crippen LogP contribution in [0.2, 0.25) is 0 Å². The van der Waals surface area contributed by atoms with Crippen molar-refractivity contribution in [2.24, 2.45) is 11.7 Å². The van der Waals surface area contributed by atoms with Crippen LogP contribution in [0.15, 0.2) is 12.3 Å². The molecule has 4 nitrogen and oxygen atoms in total. The van der Waals surface area contributed by atoms with Gasteiger partial charge in [-0.05, 0) is 43.9 Å². The van der Waals surface area contributed by atoms with E-state index in [9.17, 15) is 0 Å². The Kier molecular flexibility index (Phi) is 2.59. The molecule has 1 saturated carbocycles. The molecule has 1 aliphatic carbocycles. The maximum atomic E-state index is 5.83. The lowest BCUT2D eigenvalue weighted by atomic mass is 9.96. The van der Waals surface area contributed by atoms with Gasteiger partial charge >= 0.3 is 0 Å². The molecule has 0 amide bonds. The molecule has 2 aromatic heterocycles. The molecule has 2 atom stereocenters. The minimum Gasteiger partial charge on any atom is -0.340 e. The van der Waals surface area contributed by atoms with Gasteiger partial charge in [-0.2, -0.15) is 0 Å². The highest BCUT2D eigenvalue weighted by Gasteiger charge is 2.29. The molecule has 0 aromatic carbocycles. The van der Waals surface area contributed by atoms with Gasteiger partial charge in [-0.3, -0.25) is 0 Å². The summed E-state index contributed by atoms with van der Waals surface area (Å²) in [5.41, 5.74) is 8.94. The van der Waals surface area contributed by atoms with Gasteiger partial charge in [-0.25, -0.2) is 9.97 Å². The van der Waals surface area contributed by atoms with E-state index in [4.69, 9.17) is 5.73 Å². The summed E-state index contributed by atoms with van der Waals surface area (Å²) >= 11 is 0. The van der Waals surface area contributed by atoms with Crippen LogP contribution in [-0.2, 0) is 0 Å². The molecule has 1 aliphatic rings. The van der Waals surface area contributed by atoms with Crippen LogP contribution in [0.3, 0.4) is 0 Å². The Morgan fingerprint density at radius 2 is 2.35 bits per heavy atom. The summed E-state index contributed by atoms with van der Waals surface area (Å²) in [5.74, 6) is 2.15. The Balaban J connectivity index is 2.03. The van der Waals surface area contributed by atoms with Crippen molar-refractivity contribution in [2.45, 2.75) is 32.1 Å². The number of nitrogens with two attached hydrogens (primary N) is 1. The zero-order valence-electron chi connectivity index (χ0n) is 10.1. The largest absolute Gasteiger partial charge is 0.340 e. The SMILES string of the molecule is Cc1ccnc2nc(C3CCCC3CN)[nH]c12. The Hall–Kier alpha value is -1.42. The van der Waals surface area contributed by atoms with Crippen molar-refractivity contribution >= 4 is 11.2 Å². The van der Waals surface area contributed by atoms with Crippen molar-refractivity contribution < 1.29 is 0 Å². The molecule has 0 saturated heterocycles. The number of H-pyrrole nitrogens is 1. The van der Waals surface area contributed by atoms with E-state index in [0.717, 1.165) is 23.5 Å². The lowest BCUT2D eigenvalue weighted by molar-refractivity contribution is 0.481. The first-order valence-corrected chi connectivity index (χ1v) is 6.31. The first kappa shape index (κ1) is 10.7. The van der Waals surface area contributed by atoms with Gasteiger partial charge in [0.1, 0.15) is 5.82 Å². The van der Waals surface area contributed by atoms with E-state index in [1.54, 1.807) is 0 Å². The molecule has 1 fully saturated rings. The fourth-order valence-electron chi connectivity index (χ4n) is 2.91. The van der Waals surface area contributed by atoms with Gasteiger partial charge in [-0.1, -0.05) is 6.42 Å². The minimum absolute atomic E-state index is 0.494. The highest BCUT2D eigenvalue weighted by Crippen LogP contribution is 2.38. The molecule has 2 aromatic rings. The molecular weight excluding hydrogens is 212 g/mol. The van der Waals surface area contributed by atoms with E-state index in [1.165, 1.54) is 24.8 Å². The molecule has 0 bridgehead atoms. The van der Waals surface area contributed by atoms with Gasteiger partial charge in [0.05, 0.1) is 5.52 Å². The molecule has 90 valence electrons. The second-order valence-electron chi connectivity index (χ2n) is 4.98. The standard InChI is InChI=1S/C13H18N4/c1-8-5-6-15-13-11(8)16-12(17-13)10-4-2-3-9(10)7-14/h5-6,9-10H,2-4,7,14H2,1H3,(H,15,16,17). The van der Waals surface area contributed by atoms with E-state index in [0.29, 0.717) is 11.8 Å². The first-order chi connectivity index (χ1) is 8.29. The van der Waals surface area contributed by atoms with Crippen molar-refractivity contribution in [1.29, 1.82) is 0 Å². The summed E-state index contributed by atoms with van der Waals surface area (Å²) in [4.78, 5) is 12.4. The van der Waals surface area contributed by atoms with Crippen molar-refractivity contribution in [1.82, 2.24) is 15.0 Å². The van der Waals surface area contributed by atoms with Crippen LogP contribution >= 0.6 is 0 Å². The van der Waals surface area contributed by atoms with E-state index in [1.807, 2.05) is 12.3 Å². The zero-order chi connectivity index (χ0) is 11.8. The van der Waals surface area contributed by atoms with Crippen LogP contribution < -0.4 is 5.73 Å². The smallest absolute Gasteiger partial charge is 0.177 e. The number of nitrogens with zero attached hydrogens (tertiary/aromatic N) is 2. The number of pyridine rings is 1. The van der Waals surface area contributed by atoms with Crippen LogP contribution in [0.5, 0.6) is 0 Å². The second kappa shape index (κ2) is 4.11. The molecule has 3 rings (SSSR count). The molecular formula is C13H18N4. The minimum atomic E-state index is 0.494. The predicted octanol–water partition coefficient (Wildman–Crippen LogP) is 2.11. The molecule has 0 spiro atoms. The third-order valence-electron chi connectivity index (χ3n) is 3.93. The lowest BCUT2D eigenvalue weighted by Crippen LogP contribution is -2.17.